The smallest absolute Gasteiger partial charge is 0.316 e. The molecule has 8 heteroatoms. The number of carbonyl (C=O) groups excluding carboxylic acids is 1. The lowest BCUT2D eigenvalue weighted by Gasteiger charge is -2.27. The summed E-state index contributed by atoms with van der Waals surface area (Å²) in [6.45, 7) is 0.179. The highest BCUT2D eigenvalue weighted by Gasteiger charge is 2.44. The molecule has 28 heavy (non-hydrogen) atoms. The highest BCUT2D eigenvalue weighted by atomic mass is 32.2. The lowest BCUT2D eigenvalue weighted by atomic mass is 9.79. The monoisotopic (exact) mass is 407 g/mol. The first-order valence-electron chi connectivity index (χ1n) is 9.00. The summed E-state index contributed by atoms with van der Waals surface area (Å²) in [7, 11) is -3.75. The third-order valence-corrected chi connectivity index (χ3v) is 5.91. The van der Waals surface area contributed by atoms with Crippen molar-refractivity contribution in [2.24, 2.45) is 5.14 Å². The normalized spacial score (nSPS) is 15.9. The van der Waals surface area contributed by atoms with Crippen molar-refractivity contribution in [1.29, 1.82) is 0 Å². The summed E-state index contributed by atoms with van der Waals surface area (Å²) in [5.41, 5.74) is 0.0427. The minimum absolute atomic E-state index is 0.00579. The Morgan fingerprint density at radius 3 is 2.18 bits per heavy atom. The van der Waals surface area contributed by atoms with E-state index in [1.165, 1.54) is 36.4 Å². The standard InChI is InChI=1S/C20H22FNO5S/c21-16-5-3-15(4-6-16)20(11-1-2-12-20)19(23)27-14-13-26-17-7-9-18(10-8-17)28(22,24)25/h3-10H,1-2,11-14H2,(H2,22,24,25). The number of esters is 1. The van der Waals surface area contributed by atoms with Gasteiger partial charge < -0.3 is 9.47 Å². The summed E-state index contributed by atoms with van der Waals surface area (Å²) < 4.78 is 46.6. The van der Waals surface area contributed by atoms with E-state index in [1.807, 2.05) is 0 Å². The van der Waals surface area contributed by atoms with Crippen LogP contribution in [0.25, 0.3) is 0 Å². The van der Waals surface area contributed by atoms with E-state index < -0.39 is 15.4 Å². The Bertz CT molecular complexity index is 920. The van der Waals surface area contributed by atoms with Crippen molar-refractivity contribution >= 4 is 16.0 Å². The van der Waals surface area contributed by atoms with Gasteiger partial charge in [-0.2, -0.15) is 0 Å². The van der Waals surface area contributed by atoms with E-state index in [0.29, 0.717) is 18.6 Å². The Labute approximate surface area is 163 Å². The maximum atomic E-state index is 13.2. The summed E-state index contributed by atoms with van der Waals surface area (Å²) in [5.74, 6) is -0.227. The third-order valence-electron chi connectivity index (χ3n) is 4.98. The molecule has 3 rings (SSSR count). The largest absolute Gasteiger partial charge is 0.490 e. The number of nitrogens with two attached hydrogens (primary N) is 1. The number of sulfonamides is 1. The summed E-state index contributed by atoms with van der Waals surface area (Å²) in [6.07, 6.45) is 3.18. The third kappa shape index (κ3) is 4.51. The maximum Gasteiger partial charge on any atom is 0.316 e. The van der Waals surface area contributed by atoms with Gasteiger partial charge in [0.05, 0.1) is 10.3 Å². The van der Waals surface area contributed by atoms with Gasteiger partial charge in [-0.05, 0) is 54.8 Å². The average Bonchev–Trinajstić information content (AvgIpc) is 3.16. The molecule has 0 heterocycles. The van der Waals surface area contributed by atoms with Crippen LogP contribution < -0.4 is 9.88 Å². The van der Waals surface area contributed by atoms with E-state index in [1.54, 1.807) is 12.1 Å². The van der Waals surface area contributed by atoms with Crippen LogP contribution in [0.3, 0.4) is 0 Å². The van der Waals surface area contributed by atoms with E-state index in [2.05, 4.69) is 0 Å². The molecule has 1 aliphatic rings. The fourth-order valence-electron chi connectivity index (χ4n) is 3.52. The second-order valence-corrected chi connectivity index (χ2v) is 8.36. The molecule has 2 N–H and O–H groups in total. The molecule has 2 aromatic carbocycles. The van der Waals surface area contributed by atoms with Crippen LogP contribution in [0.15, 0.2) is 53.4 Å². The van der Waals surface area contributed by atoms with Gasteiger partial charge in [-0.3, -0.25) is 4.79 Å². The van der Waals surface area contributed by atoms with Crippen molar-refractivity contribution in [1.82, 2.24) is 0 Å². The molecular formula is C20H22FNO5S. The Morgan fingerprint density at radius 1 is 1.00 bits per heavy atom. The Morgan fingerprint density at radius 2 is 1.61 bits per heavy atom. The summed E-state index contributed by atoms with van der Waals surface area (Å²) in [6, 6.07) is 11.7. The van der Waals surface area contributed by atoms with Gasteiger partial charge in [0, 0.05) is 0 Å². The van der Waals surface area contributed by atoms with E-state index >= 15 is 0 Å². The molecule has 150 valence electrons. The predicted octanol–water partition coefficient (Wildman–Crippen LogP) is 2.91. The van der Waals surface area contributed by atoms with E-state index in [4.69, 9.17) is 14.6 Å². The van der Waals surface area contributed by atoms with Gasteiger partial charge in [0.25, 0.3) is 0 Å². The Kier molecular flexibility index (Phi) is 6.00. The number of carbonyl (C=O) groups is 1. The molecule has 1 aliphatic carbocycles. The first-order valence-corrected chi connectivity index (χ1v) is 10.5. The molecule has 0 spiro atoms. The second-order valence-electron chi connectivity index (χ2n) is 6.80. The minimum atomic E-state index is -3.75. The number of primary sulfonamides is 1. The van der Waals surface area contributed by atoms with Crippen molar-refractivity contribution in [3.63, 3.8) is 0 Å². The number of halogens is 1. The molecule has 1 saturated carbocycles. The van der Waals surface area contributed by atoms with Gasteiger partial charge >= 0.3 is 5.97 Å². The molecule has 0 radical (unpaired) electrons. The second kappa shape index (κ2) is 8.28. The zero-order chi connectivity index (χ0) is 20.2. The van der Waals surface area contributed by atoms with Crippen LogP contribution in [0.1, 0.15) is 31.2 Å². The maximum absolute atomic E-state index is 13.2. The molecule has 0 atom stereocenters. The molecule has 0 amide bonds. The SMILES string of the molecule is NS(=O)(=O)c1ccc(OCCOC(=O)C2(c3ccc(F)cc3)CCCC2)cc1. The van der Waals surface area contributed by atoms with Crippen LogP contribution in [0, 0.1) is 5.82 Å². The number of hydrogen-bond acceptors (Lipinski definition) is 5. The van der Waals surface area contributed by atoms with Gasteiger partial charge in [-0.1, -0.05) is 25.0 Å². The Balaban J connectivity index is 1.56. The molecule has 0 aliphatic heterocycles. The number of hydrogen-bond donors (Lipinski definition) is 1. The van der Waals surface area contributed by atoms with Crippen LogP contribution in [0.4, 0.5) is 4.39 Å². The average molecular weight is 407 g/mol. The quantitative estimate of drug-likeness (QED) is 0.562. The Hall–Kier alpha value is -2.45. The van der Waals surface area contributed by atoms with Gasteiger partial charge in [-0.15, -0.1) is 0 Å². The molecule has 0 saturated heterocycles. The van der Waals surface area contributed by atoms with Crippen LogP contribution in [0.5, 0.6) is 5.75 Å². The van der Waals surface area contributed by atoms with Crippen molar-refractivity contribution in [2.45, 2.75) is 36.0 Å². The zero-order valence-corrected chi connectivity index (χ0v) is 16.1. The summed E-state index contributed by atoms with van der Waals surface area (Å²) in [4.78, 5) is 12.8. The van der Waals surface area contributed by atoms with Crippen molar-refractivity contribution in [3.05, 3.63) is 59.9 Å². The van der Waals surface area contributed by atoms with Crippen LogP contribution >= 0.6 is 0 Å². The zero-order valence-electron chi connectivity index (χ0n) is 15.3. The van der Waals surface area contributed by atoms with Gasteiger partial charge in [0.2, 0.25) is 10.0 Å². The predicted molar refractivity (Wildman–Crippen MR) is 101 cm³/mol. The fraction of sp³-hybridized carbons (Fsp3) is 0.350. The molecule has 1 fully saturated rings. The molecule has 0 unspecified atom stereocenters. The van der Waals surface area contributed by atoms with Crippen molar-refractivity contribution in [2.75, 3.05) is 13.2 Å². The molecule has 2 aromatic rings. The highest BCUT2D eigenvalue weighted by Crippen LogP contribution is 2.42. The first kappa shape index (κ1) is 20.3. The minimum Gasteiger partial charge on any atom is -0.490 e. The molecular weight excluding hydrogens is 385 g/mol. The number of benzene rings is 2. The van der Waals surface area contributed by atoms with Gasteiger partial charge in [0.1, 0.15) is 24.8 Å². The summed E-state index contributed by atoms with van der Waals surface area (Å²) >= 11 is 0. The lowest BCUT2D eigenvalue weighted by molar-refractivity contribution is -0.151. The number of ether oxygens (including phenoxy) is 2. The number of rotatable bonds is 7. The van der Waals surface area contributed by atoms with Crippen LogP contribution in [-0.2, 0) is 25.0 Å². The molecule has 6 nitrogen and oxygen atoms in total. The van der Waals surface area contributed by atoms with Crippen molar-refractivity contribution < 1.29 is 27.1 Å². The topological polar surface area (TPSA) is 95.7 Å². The molecule has 0 bridgehead atoms. The van der Waals surface area contributed by atoms with E-state index in [0.717, 1.165) is 18.4 Å². The van der Waals surface area contributed by atoms with E-state index in [-0.39, 0.29) is 29.9 Å². The first-order chi connectivity index (χ1) is 13.3. The van der Waals surface area contributed by atoms with Crippen LogP contribution in [-0.4, -0.2) is 27.6 Å². The molecule has 0 aromatic heterocycles. The summed E-state index contributed by atoms with van der Waals surface area (Å²) in [5, 5.41) is 5.04. The van der Waals surface area contributed by atoms with Gasteiger partial charge in [0.15, 0.2) is 0 Å². The van der Waals surface area contributed by atoms with Crippen LogP contribution in [0.2, 0.25) is 0 Å². The van der Waals surface area contributed by atoms with Crippen molar-refractivity contribution in [3.8, 4) is 5.75 Å². The fourth-order valence-corrected chi connectivity index (χ4v) is 4.03. The van der Waals surface area contributed by atoms with Gasteiger partial charge in [-0.25, -0.2) is 17.9 Å². The highest BCUT2D eigenvalue weighted by molar-refractivity contribution is 7.89. The van der Waals surface area contributed by atoms with E-state index in [9.17, 15) is 17.6 Å². The lowest BCUT2D eigenvalue weighted by Crippen LogP contribution is -2.35.